The van der Waals surface area contributed by atoms with Crippen molar-refractivity contribution in [1.29, 1.82) is 0 Å². The summed E-state index contributed by atoms with van der Waals surface area (Å²) in [6.07, 6.45) is 7.20. The van der Waals surface area contributed by atoms with Crippen LogP contribution in [0.25, 0.3) is 0 Å². The van der Waals surface area contributed by atoms with Gasteiger partial charge in [0.25, 0.3) is 0 Å². The zero-order chi connectivity index (χ0) is 43.1. The summed E-state index contributed by atoms with van der Waals surface area (Å²) in [7, 11) is 0. The molecule has 0 atom stereocenters. The van der Waals surface area contributed by atoms with E-state index in [9.17, 15) is 29.4 Å². The Morgan fingerprint density at radius 2 is 0.902 bits per heavy atom. The van der Waals surface area contributed by atoms with Gasteiger partial charge in [0.2, 0.25) is 5.91 Å². The number of nitrogens with one attached hydrogen (secondary N) is 1. The maximum absolute atomic E-state index is 13.7. The Morgan fingerprint density at radius 1 is 0.525 bits per heavy atom. The second-order valence-corrected chi connectivity index (χ2v) is 15.2. The normalized spacial score (nSPS) is 15.2. The maximum Gasteiger partial charge on any atom is 0.317 e. The largest absolute Gasteiger partial charge is 0.480 e. The molecule has 61 heavy (non-hydrogen) atoms. The number of rotatable bonds is 22. The molecule has 1 aliphatic rings. The highest BCUT2D eigenvalue weighted by Crippen LogP contribution is 2.10. The van der Waals surface area contributed by atoms with Crippen LogP contribution in [0.5, 0.6) is 0 Å². The van der Waals surface area contributed by atoms with Crippen LogP contribution in [0, 0.1) is 0 Å². The van der Waals surface area contributed by atoms with Crippen LogP contribution in [-0.4, -0.2) is 181 Å². The summed E-state index contributed by atoms with van der Waals surface area (Å²) in [5.74, 6) is -2.03. The molecule has 1 amide bonds. The SMILES string of the molecule is O=C(O)CN1CCN(CCC(=O)NCCN(Cc2ccccn2)Cc2ccccn2)CCN(CC(=O)O)CCN(CC(=O)CN(Cc2ccccn2)Cc2ccccn2)CC1. The Bertz CT molecular complexity index is 1780. The number of aliphatic carboxylic acids is 2. The Morgan fingerprint density at radius 3 is 1.28 bits per heavy atom. The molecule has 5 rings (SSSR count). The standard InChI is InChI=1S/C44H59N11O6/c56-41(34-55(31-39-11-3-7-16-47-39)32-40-12-4-8-17-48-40)33-51-25-27-52(35-43(58)59)23-21-50(22-24-53(28-26-51)36-44(60)61)19-13-42(57)49-18-20-54(29-37-9-1-5-14-45-37)30-38-10-2-6-15-46-38/h1-12,14-17H,13,18-36H2,(H,49,57)(H,58,59)(H,60,61). The number of hydrogen-bond acceptors (Lipinski definition) is 14. The Hall–Kier alpha value is -5.56. The molecule has 0 bridgehead atoms. The van der Waals surface area contributed by atoms with Gasteiger partial charge in [-0.3, -0.25) is 63.6 Å². The highest BCUT2D eigenvalue weighted by Gasteiger charge is 2.22. The molecule has 17 heteroatoms. The van der Waals surface area contributed by atoms with Crippen molar-refractivity contribution in [3.05, 3.63) is 120 Å². The van der Waals surface area contributed by atoms with E-state index >= 15 is 0 Å². The molecule has 0 unspecified atom stereocenters. The van der Waals surface area contributed by atoms with Gasteiger partial charge in [-0.1, -0.05) is 24.3 Å². The van der Waals surface area contributed by atoms with Crippen LogP contribution >= 0.6 is 0 Å². The fraction of sp³-hybridized carbons (Fsp3) is 0.455. The Balaban J connectivity index is 1.16. The molecule has 4 aromatic heterocycles. The Kier molecular flexibility index (Phi) is 19.8. The van der Waals surface area contributed by atoms with Gasteiger partial charge in [-0.05, 0) is 48.5 Å². The monoisotopic (exact) mass is 837 g/mol. The van der Waals surface area contributed by atoms with E-state index in [4.69, 9.17) is 0 Å². The van der Waals surface area contributed by atoms with E-state index in [1.54, 1.807) is 24.8 Å². The lowest BCUT2D eigenvalue weighted by atomic mass is 10.2. The van der Waals surface area contributed by atoms with Crippen LogP contribution in [0.3, 0.4) is 0 Å². The predicted molar refractivity (Wildman–Crippen MR) is 229 cm³/mol. The summed E-state index contributed by atoms with van der Waals surface area (Å²) < 4.78 is 0. The van der Waals surface area contributed by atoms with Crippen LogP contribution in [-0.2, 0) is 45.4 Å². The van der Waals surface area contributed by atoms with Gasteiger partial charge in [0.05, 0.1) is 49.0 Å². The number of Topliss-reactive ketones (excluding diaryl/α,β-unsaturated/α-hetero) is 1. The molecule has 326 valence electrons. The number of carboxylic acid groups (broad SMARTS) is 2. The third kappa shape index (κ3) is 18.7. The van der Waals surface area contributed by atoms with Crippen molar-refractivity contribution >= 4 is 23.6 Å². The number of ketones is 1. The minimum Gasteiger partial charge on any atom is -0.480 e. The first kappa shape index (κ1) is 46.5. The minimum atomic E-state index is -0.951. The topological polar surface area (TPSA) is 192 Å². The predicted octanol–water partition coefficient (Wildman–Crippen LogP) is 1.44. The third-order valence-corrected chi connectivity index (χ3v) is 10.3. The fourth-order valence-electron chi connectivity index (χ4n) is 7.17. The smallest absolute Gasteiger partial charge is 0.317 e. The van der Waals surface area contributed by atoms with E-state index in [1.165, 1.54) is 0 Å². The molecule has 3 N–H and O–H groups in total. The van der Waals surface area contributed by atoms with Gasteiger partial charge in [0.15, 0.2) is 5.78 Å². The fourth-order valence-corrected chi connectivity index (χ4v) is 7.17. The van der Waals surface area contributed by atoms with E-state index in [1.807, 2.05) is 92.4 Å². The van der Waals surface area contributed by atoms with Gasteiger partial charge in [0, 0.05) is 129 Å². The van der Waals surface area contributed by atoms with Gasteiger partial charge < -0.3 is 20.4 Å². The van der Waals surface area contributed by atoms with Crippen molar-refractivity contribution in [3.63, 3.8) is 0 Å². The van der Waals surface area contributed by atoms with E-state index in [0.29, 0.717) is 98.2 Å². The number of carbonyl (C=O) groups is 4. The lowest BCUT2D eigenvalue weighted by molar-refractivity contribution is -0.139. The molecule has 0 saturated carbocycles. The van der Waals surface area contributed by atoms with Crippen molar-refractivity contribution in [3.8, 4) is 0 Å². The van der Waals surface area contributed by atoms with Gasteiger partial charge in [-0.2, -0.15) is 0 Å². The number of carbonyl (C=O) groups excluding carboxylic acids is 2. The second-order valence-electron chi connectivity index (χ2n) is 15.2. The van der Waals surface area contributed by atoms with Crippen LogP contribution in [0.4, 0.5) is 0 Å². The van der Waals surface area contributed by atoms with Crippen molar-refractivity contribution in [2.24, 2.45) is 0 Å². The number of nitrogens with zero attached hydrogens (tertiary/aromatic N) is 10. The summed E-state index contributed by atoms with van der Waals surface area (Å²) >= 11 is 0. The maximum atomic E-state index is 13.7. The summed E-state index contributed by atoms with van der Waals surface area (Å²) in [5.41, 5.74) is 3.51. The molecule has 4 aromatic rings. The molecule has 0 radical (unpaired) electrons. The van der Waals surface area contributed by atoms with Crippen LogP contribution in [0.15, 0.2) is 97.6 Å². The number of hydrogen-bond donors (Lipinski definition) is 3. The lowest BCUT2D eigenvalue weighted by Gasteiger charge is -2.33. The van der Waals surface area contributed by atoms with Crippen LogP contribution in [0.2, 0.25) is 0 Å². The zero-order valence-electron chi connectivity index (χ0n) is 34.9. The van der Waals surface area contributed by atoms with Gasteiger partial charge in [-0.15, -0.1) is 0 Å². The Labute approximate surface area is 358 Å². The minimum absolute atomic E-state index is 0.0212. The van der Waals surface area contributed by atoms with Gasteiger partial charge in [0.1, 0.15) is 0 Å². The van der Waals surface area contributed by atoms with Crippen molar-refractivity contribution in [1.82, 2.24) is 54.7 Å². The quantitative estimate of drug-likeness (QED) is 0.103. The number of pyridine rings is 4. The number of amides is 1. The van der Waals surface area contributed by atoms with Crippen molar-refractivity contribution in [2.75, 3.05) is 98.2 Å². The summed E-state index contributed by atoms with van der Waals surface area (Å²) in [6, 6.07) is 23.0. The van der Waals surface area contributed by atoms with E-state index in [0.717, 1.165) is 22.8 Å². The van der Waals surface area contributed by atoms with Gasteiger partial charge in [-0.25, -0.2) is 0 Å². The van der Waals surface area contributed by atoms with Crippen molar-refractivity contribution in [2.45, 2.75) is 32.6 Å². The van der Waals surface area contributed by atoms with E-state index in [-0.39, 0.29) is 44.3 Å². The molecule has 5 heterocycles. The average Bonchev–Trinajstić information content (AvgIpc) is 3.24. The average molecular weight is 838 g/mol. The highest BCUT2D eigenvalue weighted by atomic mass is 16.4. The molecule has 0 aliphatic carbocycles. The third-order valence-electron chi connectivity index (χ3n) is 10.3. The molecule has 1 saturated heterocycles. The molecule has 0 spiro atoms. The molecular weight excluding hydrogens is 779 g/mol. The van der Waals surface area contributed by atoms with Crippen molar-refractivity contribution < 1.29 is 29.4 Å². The first-order chi connectivity index (χ1) is 29.7. The highest BCUT2D eigenvalue weighted by molar-refractivity contribution is 5.82. The summed E-state index contributed by atoms with van der Waals surface area (Å²) in [6.45, 7) is 6.94. The molecular formula is C44H59N11O6. The van der Waals surface area contributed by atoms with E-state index in [2.05, 4.69) is 35.1 Å². The van der Waals surface area contributed by atoms with Crippen LogP contribution < -0.4 is 5.32 Å². The van der Waals surface area contributed by atoms with Gasteiger partial charge >= 0.3 is 11.9 Å². The van der Waals surface area contributed by atoms with Crippen LogP contribution in [0.1, 0.15) is 29.2 Å². The summed E-state index contributed by atoms with van der Waals surface area (Å²) in [5, 5.41) is 22.6. The molecule has 17 nitrogen and oxygen atoms in total. The summed E-state index contributed by atoms with van der Waals surface area (Å²) in [4.78, 5) is 80.6. The molecule has 1 fully saturated rings. The molecule has 1 aliphatic heterocycles. The lowest BCUT2D eigenvalue weighted by Crippen LogP contribution is -2.49. The van der Waals surface area contributed by atoms with E-state index < -0.39 is 11.9 Å². The zero-order valence-corrected chi connectivity index (χ0v) is 34.9. The second kappa shape index (κ2) is 25.9. The first-order valence-corrected chi connectivity index (χ1v) is 20.8. The number of carboxylic acids is 2. The molecule has 0 aromatic carbocycles. The first-order valence-electron chi connectivity index (χ1n) is 20.8. The number of aromatic nitrogens is 4.